The Morgan fingerprint density at radius 2 is 2.23 bits per heavy atom. The van der Waals surface area contributed by atoms with Gasteiger partial charge in [-0.2, -0.15) is 0 Å². The first kappa shape index (κ1) is 8.95. The second kappa shape index (κ2) is 3.26. The molecule has 2 heteroatoms. The van der Waals surface area contributed by atoms with Crippen molar-refractivity contribution >= 4 is 21.7 Å². The fraction of sp³-hybridized carbons (Fsp3) is 0.364. The molecular formula is C11H11BrO. The Kier molecular flexibility index (Phi) is 2.24. The normalized spacial score (nSPS) is 21.4. The predicted octanol–water partition coefficient (Wildman–Crippen LogP) is 3.20. The number of carbonyl (C=O) groups is 1. The second-order valence-electron chi connectivity index (χ2n) is 3.54. The van der Waals surface area contributed by atoms with Gasteiger partial charge in [-0.1, -0.05) is 34.1 Å². The van der Waals surface area contributed by atoms with Gasteiger partial charge >= 0.3 is 0 Å². The number of hydrogen-bond acceptors (Lipinski definition) is 1. The lowest BCUT2D eigenvalue weighted by molar-refractivity contribution is -0.125. The molecule has 1 unspecified atom stereocenters. The van der Waals surface area contributed by atoms with Crippen LogP contribution in [0.3, 0.4) is 0 Å². The first-order chi connectivity index (χ1) is 6.20. The first-order valence-corrected chi connectivity index (χ1v) is 5.27. The van der Waals surface area contributed by atoms with Crippen molar-refractivity contribution < 1.29 is 4.79 Å². The van der Waals surface area contributed by atoms with Crippen molar-refractivity contribution in [2.24, 2.45) is 0 Å². The van der Waals surface area contributed by atoms with Crippen LogP contribution < -0.4 is 0 Å². The molecule has 1 fully saturated rings. The molecule has 13 heavy (non-hydrogen) atoms. The molecule has 0 aliphatic heterocycles. The van der Waals surface area contributed by atoms with Gasteiger partial charge < -0.3 is 0 Å². The summed E-state index contributed by atoms with van der Waals surface area (Å²) in [6.45, 7) is 2.05. The van der Waals surface area contributed by atoms with E-state index in [9.17, 15) is 4.79 Å². The summed E-state index contributed by atoms with van der Waals surface area (Å²) < 4.78 is 1.10. The average Bonchev–Trinajstić information content (AvgIpc) is 2.10. The van der Waals surface area contributed by atoms with Crippen LogP contribution in [0.2, 0.25) is 0 Å². The van der Waals surface area contributed by atoms with E-state index >= 15 is 0 Å². The number of aryl methyl sites for hydroxylation is 1. The Labute approximate surface area is 86.3 Å². The molecule has 1 atom stereocenters. The minimum atomic E-state index is 0.161. The van der Waals surface area contributed by atoms with E-state index in [2.05, 4.69) is 28.9 Å². The van der Waals surface area contributed by atoms with E-state index < -0.39 is 0 Å². The zero-order valence-electron chi connectivity index (χ0n) is 7.51. The van der Waals surface area contributed by atoms with E-state index in [-0.39, 0.29) is 5.92 Å². The molecular weight excluding hydrogens is 228 g/mol. The van der Waals surface area contributed by atoms with Crippen LogP contribution in [0.4, 0.5) is 0 Å². The minimum absolute atomic E-state index is 0.161. The summed E-state index contributed by atoms with van der Waals surface area (Å²) in [5.74, 6) is 0.542. The van der Waals surface area contributed by atoms with Gasteiger partial charge in [-0.3, -0.25) is 4.79 Å². The summed E-state index contributed by atoms with van der Waals surface area (Å²) in [4.78, 5) is 11.3. The van der Waals surface area contributed by atoms with E-state index in [4.69, 9.17) is 0 Å². The average molecular weight is 239 g/mol. The molecule has 0 aromatic heterocycles. The van der Waals surface area contributed by atoms with Crippen molar-refractivity contribution in [2.75, 3.05) is 0 Å². The van der Waals surface area contributed by atoms with Gasteiger partial charge in [-0.05, 0) is 24.5 Å². The highest BCUT2D eigenvalue weighted by Crippen LogP contribution is 2.37. The fourth-order valence-corrected chi connectivity index (χ4v) is 2.22. The Balaban J connectivity index is 2.40. The second-order valence-corrected chi connectivity index (χ2v) is 4.33. The number of Topliss-reactive ketones (excluding diaryl/α,β-unsaturated/α-hetero) is 1. The van der Waals surface area contributed by atoms with Crippen LogP contribution in [0.5, 0.6) is 0 Å². The van der Waals surface area contributed by atoms with Gasteiger partial charge in [0.1, 0.15) is 5.78 Å². The van der Waals surface area contributed by atoms with E-state index in [1.165, 1.54) is 5.56 Å². The lowest BCUT2D eigenvalue weighted by Crippen LogP contribution is -2.23. The SMILES string of the molecule is Cc1cccc(C2CCC2=O)c1Br. The molecule has 0 N–H and O–H groups in total. The Bertz CT molecular complexity index is 357. The van der Waals surface area contributed by atoms with Gasteiger partial charge in [0, 0.05) is 16.8 Å². The molecule has 0 heterocycles. The van der Waals surface area contributed by atoms with Crippen molar-refractivity contribution in [2.45, 2.75) is 25.7 Å². The smallest absolute Gasteiger partial charge is 0.140 e. The van der Waals surface area contributed by atoms with Gasteiger partial charge in [0.25, 0.3) is 0 Å². The Hall–Kier alpha value is -0.630. The zero-order chi connectivity index (χ0) is 9.42. The minimum Gasteiger partial charge on any atom is -0.299 e. The van der Waals surface area contributed by atoms with E-state index in [0.717, 1.165) is 22.9 Å². The third kappa shape index (κ3) is 1.44. The van der Waals surface area contributed by atoms with Gasteiger partial charge in [0.15, 0.2) is 0 Å². The van der Waals surface area contributed by atoms with Gasteiger partial charge in [0.05, 0.1) is 0 Å². The summed E-state index contributed by atoms with van der Waals surface area (Å²) in [7, 11) is 0. The molecule has 1 aromatic rings. The topological polar surface area (TPSA) is 17.1 Å². The third-order valence-corrected chi connectivity index (χ3v) is 3.75. The summed E-state index contributed by atoms with van der Waals surface area (Å²) in [5, 5.41) is 0. The lowest BCUT2D eigenvalue weighted by atomic mass is 9.78. The fourth-order valence-electron chi connectivity index (χ4n) is 1.67. The Morgan fingerprint density at radius 3 is 2.77 bits per heavy atom. The van der Waals surface area contributed by atoms with Crippen LogP contribution in [-0.2, 0) is 4.79 Å². The van der Waals surface area contributed by atoms with E-state index in [0.29, 0.717) is 5.78 Å². The summed E-state index contributed by atoms with van der Waals surface area (Å²) >= 11 is 3.53. The van der Waals surface area contributed by atoms with Gasteiger partial charge in [0.2, 0.25) is 0 Å². The summed E-state index contributed by atoms with van der Waals surface area (Å²) in [5.41, 5.74) is 2.37. The third-order valence-electron chi connectivity index (χ3n) is 2.67. The molecule has 1 nitrogen and oxygen atoms in total. The molecule has 1 aromatic carbocycles. The number of benzene rings is 1. The number of halogens is 1. The maximum absolute atomic E-state index is 11.3. The van der Waals surface area contributed by atoms with E-state index in [1.54, 1.807) is 0 Å². The number of carbonyl (C=O) groups excluding carboxylic acids is 1. The Morgan fingerprint density at radius 1 is 1.46 bits per heavy atom. The highest BCUT2D eigenvalue weighted by atomic mass is 79.9. The summed E-state index contributed by atoms with van der Waals surface area (Å²) in [6.07, 6.45) is 1.77. The van der Waals surface area contributed by atoms with Crippen molar-refractivity contribution in [3.63, 3.8) is 0 Å². The van der Waals surface area contributed by atoms with Crippen LogP contribution in [-0.4, -0.2) is 5.78 Å². The molecule has 0 bridgehead atoms. The standard InChI is InChI=1S/C11H11BrO/c1-7-3-2-4-9(11(7)12)8-5-6-10(8)13/h2-4,8H,5-6H2,1H3. The number of hydrogen-bond donors (Lipinski definition) is 0. The number of ketones is 1. The van der Waals surface area contributed by atoms with Crippen molar-refractivity contribution in [3.05, 3.63) is 33.8 Å². The molecule has 0 radical (unpaired) electrons. The molecule has 0 spiro atoms. The summed E-state index contributed by atoms with van der Waals surface area (Å²) in [6, 6.07) is 6.11. The van der Waals surface area contributed by atoms with Crippen LogP contribution in [0, 0.1) is 6.92 Å². The first-order valence-electron chi connectivity index (χ1n) is 4.48. The molecule has 1 saturated carbocycles. The molecule has 68 valence electrons. The van der Waals surface area contributed by atoms with E-state index in [1.807, 2.05) is 12.1 Å². The maximum atomic E-state index is 11.3. The zero-order valence-corrected chi connectivity index (χ0v) is 9.10. The molecule has 2 rings (SSSR count). The quantitative estimate of drug-likeness (QED) is 0.735. The largest absolute Gasteiger partial charge is 0.299 e. The van der Waals surface area contributed by atoms with Crippen LogP contribution >= 0.6 is 15.9 Å². The van der Waals surface area contributed by atoms with Crippen molar-refractivity contribution in [1.82, 2.24) is 0 Å². The molecule has 1 aliphatic carbocycles. The maximum Gasteiger partial charge on any atom is 0.140 e. The van der Waals surface area contributed by atoms with Crippen LogP contribution in [0.15, 0.2) is 22.7 Å². The van der Waals surface area contributed by atoms with Gasteiger partial charge in [-0.25, -0.2) is 0 Å². The van der Waals surface area contributed by atoms with Crippen LogP contribution in [0.1, 0.15) is 29.9 Å². The number of rotatable bonds is 1. The monoisotopic (exact) mass is 238 g/mol. The molecule has 0 amide bonds. The van der Waals surface area contributed by atoms with Crippen molar-refractivity contribution in [3.8, 4) is 0 Å². The highest BCUT2D eigenvalue weighted by molar-refractivity contribution is 9.10. The van der Waals surface area contributed by atoms with Crippen molar-refractivity contribution in [1.29, 1.82) is 0 Å². The predicted molar refractivity (Wildman–Crippen MR) is 55.9 cm³/mol. The van der Waals surface area contributed by atoms with Crippen LogP contribution in [0.25, 0.3) is 0 Å². The highest BCUT2D eigenvalue weighted by Gasteiger charge is 2.30. The molecule has 1 aliphatic rings. The van der Waals surface area contributed by atoms with Gasteiger partial charge in [-0.15, -0.1) is 0 Å². The molecule has 0 saturated heterocycles. The lowest BCUT2D eigenvalue weighted by Gasteiger charge is -2.25.